The van der Waals surface area contributed by atoms with Gasteiger partial charge in [-0.1, -0.05) is 12.1 Å². The first-order chi connectivity index (χ1) is 12.8. The molecule has 0 aromatic heterocycles. The molecule has 8 heteroatoms. The highest BCUT2D eigenvalue weighted by molar-refractivity contribution is 7.88. The van der Waals surface area contributed by atoms with Gasteiger partial charge in [0.2, 0.25) is 15.9 Å². The maximum absolute atomic E-state index is 12.2. The third-order valence-corrected chi connectivity index (χ3v) is 5.01. The lowest BCUT2D eigenvalue weighted by Gasteiger charge is -2.19. The molecule has 2 aromatic rings. The molecule has 0 radical (unpaired) electrons. The van der Waals surface area contributed by atoms with Crippen molar-refractivity contribution in [1.29, 1.82) is 0 Å². The van der Waals surface area contributed by atoms with Crippen molar-refractivity contribution in [2.75, 3.05) is 38.4 Å². The van der Waals surface area contributed by atoms with Gasteiger partial charge in [-0.2, -0.15) is 4.31 Å². The first-order valence-corrected chi connectivity index (χ1v) is 10.2. The molecule has 2 aromatic carbocycles. The van der Waals surface area contributed by atoms with E-state index in [-0.39, 0.29) is 19.7 Å². The van der Waals surface area contributed by atoms with Crippen molar-refractivity contribution in [3.63, 3.8) is 0 Å². The number of hydrogen-bond donors (Lipinski definition) is 1. The highest BCUT2D eigenvalue weighted by Gasteiger charge is 2.20. The molecule has 0 saturated carbocycles. The summed E-state index contributed by atoms with van der Waals surface area (Å²) in [5.74, 6) is 0.886. The number of nitrogens with zero attached hydrogens (tertiary/aromatic N) is 1. The van der Waals surface area contributed by atoms with E-state index >= 15 is 0 Å². The van der Waals surface area contributed by atoms with Crippen molar-refractivity contribution < 1.29 is 22.7 Å². The summed E-state index contributed by atoms with van der Waals surface area (Å²) in [6.07, 6.45) is 1.07. The Kier molecular flexibility index (Phi) is 7.20. The van der Waals surface area contributed by atoms with Crippen molar-refractivity contribution in [1.82, 2.24) is 4.31 Å². The smallest absolute Gasteiger partial charge is 0.239 e. The van der Waals surface area contributed by atoms with Crippen LogP contribution in [0.4, 0.5) is 5.69 Å². The van der Waals surface area contributed by atoms with Crippen LogP contribution in [0.5, 0.6) is 11.5 Å². The lowest BCUT2D eigenvalue weighted by Crippen LogP contribution is -2.39. The van der Waals surface area contributed by atoms with Gasteiger partial charge in [0.1, 0.15) is 18.1 Å². The van der Waals surface area contributed by atoms with Gasteiger partial charge in [-0.25, -0.2) is 8.42 Å². The van der Waals surface area contributed by atoms with Gasteiger partial charge in [0, 0.05) is 12.2 Å². The van der Waals surface area contributed by atoms with Gasteiger partial charge in [0.25, 0.3) is 0 Å². The summed E-state index contributed by atoms with van der Waals surface area (Å²) in [4.78, 5) is 12.2. The molecular formula is C19H24N2O5S. The number of methoxy groups -OCH3 is 1. The minimum absolute atomic E-state index is 0.0616. The van der Waals surface area contributed by atoms with Gasteiger partial charge in [0.05, 0.1) is 19.9 Å². The van der Waals surface area contributed by atoms with E-state index in [0.29, 0.717) is 17.2 Å². The van der Waals surface area contributed by atoms with Gasteiger partial charge in [-0.3, -0.25) is 4.79 Å². The van der Waals surface area contributed by atoms with Gasteiger partial charge in [-0.15, -0.1) is 0 Å². The molecule has 0 atom stereocenters. The summed E-state index contributed by atoms with van der Waals surface area (Å²) in [5.41, 5.74) is 1.63. The number of anilines is 1. The Labute approximate surface area is 160 Å². The second kappa shape index (κ2) is 9.38. The van der Waals surface area contributed by atoms with Gasteiger partial charge in [0.15, 0.2) is 0 Å². The fourth-order valence-electron chi connectivity index (χ4n) is 2.38. The van der Waals surface area contributed by atoms with E-state index in [4.69, 9.17) is 9.47 Å². The molecule has 0 saturated heterocycles. The minimum Gasteiger partial charge on any atom is -0.497 e. The molecule has 2 rings (SSSR count). The Hall–Kier alpha value is -2.58. The van der Waals surface area contributed by atoms with Crippen LogP contribution < -0.4 is 14.8 Å². The van der Waals surface area contributed by atoms with E-state index in [1.54, 1.807) is 37.4 Å². The van der Waals surface area contributed by atoms with Gasteiger partial charge < -0.3 is 14.8 Å². The molecule has 1 N–H and O–H groups in total. The van der Waals surface area contributed by atoms with Crippen molar-refractivity contribution in [3.8, 4) is 11.5 Å². The quantitative estimate of drug-likeness (QED) is 0.708. The number of carbonyl (C=O) groups excluding carboxylic acids is 1. The molecule has 0 aliphatic rings. The maximum atomic E-state index is 12.2. The Morgan fingerprint density at radius 3 is 2.37 bits per heavy atom. The lowest BCUT2D eigenvalue weighted by atomic mass is 10.2. The third kappa shape index (κ3) is 6.92. The first-order valence-electron chi connectivity index (χ1n) is 8.36. The highest BCUT2D eigenvalue weighted by atomic mass is 32.2. The summed E-state index contributed by atoms with van der Waals surface area (Å²) < 4.78 is 35.7. The van der Waals surface area contributed by atoms with Crippen molar-refractivity contribution in [2.24, 2.45) is 0 Å². The molecule has 0 spiro atoms. The third-order valence-electron chi connectivity index (χ3n) is 3.76. The van der Waals surface area contributed by atoms with Crippen LogP contribution in [-0.4, -0.2) is 51.7 Å². The second-order valence-electron chi connectivity index (χ2n) is 6.04. The van der Waals surface area contributed by atoms with Crippen LogP contribution in [0.25, 0.3) is 0 Å². The van der Waals surface area contributed by atoms with Crippen molar-refractivity contribution >= 4 is 21.6 Å². The number of sulfonamides is 1. The minimum atomic E-state index is -3.55. The largest absolute Gasteiger partial charge is 0.497 e. The molecule has 0 aliphatic heterocycles. The Morgan fingerprint density at radius 1 is 1.11 bits per heavy atom. The fraction of sp³-hybridized carbons (Fsp3) is 0.316. The molecule has 0 aliphatic carbocycles. The number of ether oxygens (including phenoxy) is 2. The monoisotopic (exact) mass is 392 g/mol. The van der Waals surface area contributed by atoms with E-state index < -0.39 is 15.9 Å². The average Bonchev–Trinajstić information content (AvgIpc) is 2.60. The van der Waals surface area contributed by atoms with Crippen LogP contribution in [0.2, 0.25) is 0 Å². The Bertz CT molecular complexity index is 866. The van der Waals surface area contributed by atoms with Crippen LogP contribution in [0.15, 0.2) is 48.5 Å². The van der Waals surface area contributed by atoms with Crippen LogP contribution in [0.1, 0.15) is 5.56 Å². The molecular weight excluding hydrogens is 368 g/mol. The average molecular weight is 392 g/mol. The van der Waals surface area contributed by atoms with Crippen LogP contribution in [-0.2, 0) is 14.8 Å². The van der Waals surface area contributed by atoms with Crippen molar-refractivity contribution in [3.05, 3.63) is 54.1 Å². The van der Waals surface area contributed by atoms with Crippen LogP contribution in [0, 0.1) is 6.92 Å². The van der Waals surface area contributed by atoms with E-state index in [2.05, 4.69) is 5.32 Å². The molecule has 27 heavy (non-hydrogen) atoms. The number of rotatable bonds is 9. The highest BCUT2D eigenvalue weighted by Crippen LogP contribution is 2.17. The van der Waals surface area contributed by atoms with Crippen LogP contribution in [0.3, 0.4) is 0 Å². The van der Waals surface area contributed by atoms with Gasteiger partial charge in [-0.05, 0) is 48.9 Å². The number of benzene rings is 2. The van der Waals surface area contributed by atoms with E-state index in [0.717, 1.165) is 16.1 Å². The first kappa shape index (κ1) is 20.7. The summed E-state index contributed by atoms with van der Waals surface area (Å²) in [6, 6.07) is 14.3. The zero-order valence-corrected chi connectivity index (χ0v) is 16.5. The molecule has 0 bridgehead atoms. The predicted molar refractivity (Wildman–Crippen MR) is 105 cm³/mol. The number of carbonyl (C=O) groups is 1. The summed E-state index contributed by atoms with van der Waals surface area (Å²) >= 11 is 0. The second-order valence-corrected chi connectivity index (χ2v) is 8.02. The fourth-order valence-corrected chi connectivity index (χ4v) is 3.14. The zero-order chi connectivity index (χ0) is 19.9. The summed E-state index contributed by atoms with van der Waals surface area (Å²) in [7, 11) is -1.98. The number of amides is 1. The molecule has 0 unspecified atom stereocenters. The topological polar surface area (TPSA) is 84.9 Å². The van der Waals surface area contributed by atoms with E-state index in [1.807, 2.05) is 25.1 Å². The normalized spacial score (nSPS) is 11.3. The summed E-state index contributed by atoms with van der Waals surface area (Å²) in [6.45, 7) is 1.82. The van der Waals surface area contributed by atoms with E-state index in [1.165, 1.54) is 0 Å². The summed E-state index contributed by atoms with van der Waals surface area (Å²) in [5, 5.41) is 2.71. The SMILES string of the molecule is COc1ccc(OCCN(CC(=O)Nc2cccc(C)c2)S(C)(=O)=O)cc1. The molecule has 7 nitrogen and oxygen atoms in total. The Balaban J connectivity index is 1.91. The standard InChI is InChI=1S/C19H24N2O5S/c1-15-5-4-6-16(13-15)20-19(22)14-21(27(3,23)24)11-12-26-18-9-7-17(25-2)8-10-18/h4-10,13H,11-12,14H2,1-3H3,(H,20,22). The molecule has 1 amide bonds. The van der Waals surface area contributed by atoms with Crippen LogP contribution >= 0.6 is 0 Å². The maximum Gasteiger partial charge on any atom is 0.239 e. The van der Waals surface area contributed by atoms with Gasteiger partial charge >= 0.3 is 0 Å². The number of hydrogen-bond acceptors (Lipinski definition) is 5. The molecule has 0 fully saturated rings. The number of aryl methyl sites for hydroxylation is 1. The predicted octanol–water partition coefficient (Wildman–Crippen LogP) is 2.28. The molecule has 0 heterocycles. The Morgan fingerprint density at radius 2 is 1.78 bits per heavy atom. The zero-order valence-electron chi connectivity index (χ0n) is 15.6. The molecule has 146 valence electrons. The lowest BCUT2D eigenvalue weighted by molar-refractivity contribution is -0.116. The van der Waals surface area contributed by atoms with E-state index in [9.17, 15) is 13.2 Å². The van der Waals surface area contributed by atoms with Crippen molar-refractivity contribution in [2.45, 2.75) is 6.92 Å². The number of nitrogens with one attached hydrogen (secondary N) is 1.